The summed E-state index contributed by atoms with van der Waals surface area (Å²) in [6.07, 6.45) is 0. The number of carbonyl (C=O) groups is 2. The number of hydrogen-bond donors (Lipinski definition) is 2. The molecular formula is C13H17NO3. The Balaban J connectivity index is 2.74. The number of nitrogens with one attached hydrogen (secondary N) is 1. The summed E-state index contributed by atoms with van der Waals surface area (Å²) in [6, 6.07) is 9.21. The molecule has 92 valence electrons. The van der Waals surface area contributed by atoms with Gasteiger partial charge in [-0.3, -0.25) is 9.59 Å². The smallest absolute Gasteiger partial charge is 0.318 e. The van der Waals surface area contributed by atoms with E-state index in [0.717, 1.165) is 5.56 Å². The third kappa shape index (κ3) is 3.06. The van der Waals surface area contributed by atoms with E-state index in [1.807, 2.05) is 37.3 Å². The number of rotatable bonds is 4. The monoisotopic (exact) mass is 235 g/mol. The average molecular weight is 235 g/mol. The summed E-state index contributed by atoms with van der Waals surface area (Å²) in [7, 11) is 0. The molecule has 4 heteroatoms. The Morgan fingerprint density at radius 3 is 2.24 bits per heavy atom. The second-order valence-electron chi connectivity index (χ2n) is 4.54. The zero-order valence-corrected chi connectivity index (χ0v) is 10.2. The van der Waals surface area contributed by atoms with Crippen molar-refractivity contribution in [1.29, 1.82) is 0 Å². The van der Waals surface area contributed by atoms with Gasteiger partial charge in [-0.25, -0.2) is 0 Å². The first-order chi connectivity index (χ1) is 7.85. The van der Waals surface area contributed by atoms with Crippen molar-refractivity contribution in [3.8, 4) is 0 Å². The summed E-state index contributed by atoms with van der Waals surface area (Å²) >= 11 is 0. The minimum atomic E-state index is -1.41. The molecule has 0 saturated heterocycles. The zero-order valence-electron chi connectivity index (χ0n) is 10.2. The maximum absolute atomic E-state index is 11.8. The highest BCUT2D eigenvalue weighted by atomic mass is 16.4. The van der Waals surface area contributed by atoms with Crippen LogP contribution in [-0.4, -0.2) is 17.0 Å². The number of carboxylic acid groups (broad SMARTS) is 1. The van der Waals surface area contributed by atoms with Gasteiger partial charge in [-0.2, -0.15) is 0 Å². The Labute approximate surface area is 101 Å². The van der Waals surface area contributed by atoms with E-state index in [-0.39, 0.29) is 6.04 Å². The summed E-state index contributed by atoms with van der Waals surface area (Å²) < 4.78 is 0. The van der Waals surface area contributed by atoms with Crippen LogP contribution in [0, 0.1) is 5.41 Å². The van der Waals surface area contributed by atoms with Crippen LogP contribution in [0.1, 0.15) is 32.4 Å². The van der Waals surface area contributed by atoms with Crippen LogP contribution in [0.4, 0.5) is 0 Å². The highest BCUT2D eigenvalue weighted by Crippen LogP contribution is 2.18. The topological polar surface area (TPSA) is 66.4 Å². The number of hydrogen-bond acceptors (Lipinski definition) is 2. The molecule has 0 radical (unpaired) electrons. The van der Waals surface area contributed by atoms with Gasteiger partial charge in [0.05, 0.1) is 6.04 Å². The number of amides is 1. The average Bonchev–Trinajstić information content (AvgIpc) is 2.29. The first kappa shape index (κ1) is 13.2. The maximum Gasteiger partial charge on any atom is 0.318 e. The second kappa shape index (κ2) is 4.99. The SMILES string of the molecule is C[C@H](NC(=O)C(C)(C)C(=O)O)c1ccccc1. The molecule has 0 aliphatic carbocycles. The lowest BCUT2D eigenvalue weighted by atomic mass is 9.92. The van der Waals surface area contributed by atoms with E-state index in [1.165, 1.54) is 13.8 Å². The van der Waals surface area contributed by atoms with Crippen LogP contribution in [0.2, 0.25) is 0 Å². The largest absolute Gasteiger partial charge is 0.480 e. The molecule has 0 fully saturated rings. The van der Waals surface area contributed by atoms with E-state index in [1.54, 1.807) is 0 Å². The molecule has 0 unspecified atom stereocenters. The third-order valence-corrected chi connectivity index (χ3v) is 2.75. The Morgan fingerprint density at radius 1 is 1.24 bits per heavy atom. The molecule has 17 heavy (non-hydrogen) atoms. The number of carboxylic acids is 1. The van der Waals surface area contributed by atoms with Crippen molar-refractivity contribution in [3.05, 3.63) is 35.9 Å². The van der Waals surface area contributed by atoms with Gasteiger partial charge in [0.15, 0.2) is 0 Å². The molecular weight excluding hydrogens is 218 g/mol. The third-order valence-electron chi connectivity index (χ3n) is 2.75. The Morgan fingerprint density at radius 2 is 1.76 bits per heavy atom. The van der Waals surface area contributed by atoms with Crippen LogP contribution < -0.4 is 5.32 Å². The minimum absolute atomic E-state index is 0.206. The Kier molecular flexibility index (Phi) is 3.89. The van der Waals surface area contributed by atoms with E-state index in [4.69, 9.17) is 5.11 Å². The van der Waals surface area contributed by atoms with Gasteiger partial charge in [0.25, 0.3) is 0 Å². The molecule has 4 nitrogen and oxygen atoms in total. The molecule has 0 saturated carbocycles. The summed E-state index contributed by atoms with van der Waals surface area (Å²) in [5, 5.41) is 11.6. The maximum atomic E-state index is 11.8. The van der Waals surface area contributed by atoms with Crippen molar-refractivity contribution in [2.45, 2.75) is 26.8 Å². The summed E-state index contributed by atoms with van der Waals surface area (Å²) in [5.41, 5.74) is -0.467. The summed E-state index contributed by atoms with van der Waals surface area (Å²) in [4.78, 5) is 22.7. The van der Waals surface area contributed by atoms with Crippen molar-refractivity contribution >= 4 is 11.9 Å². The van der Waals surface area contributed by atoms with Gasteiger partial charge in [-0.1, -0.05) is 30.3 Å². The number of aliphatic carboxylic acids is 1. The fourth-order valence-corrected chi connectivity index (χ4v) is 1.30. The fraction of sp³-hybridized carbons (Fsp3) is 0.385. The molecule has 0 aliphatic rings. The zero-order chi connectivity index (χ0) is 13.1. The van der Waals surface area contributed by atoms with E-state index >= 15 is 0 Å². The molecule has 1 rings (SSSR count). The molecule has 0 bridgehead atoms. The molecule has 0 spiro atoms. The minimum Gasteiger partial charge on any atom is -0.480 e. The lowest BCUT2D eigenvalue weighted by Gasteiger charge is -2.22. The van der Waals surface area contributed by atoms with E-state index in [9.17, 15) is 9.59 Å². The highest BCUT2D eigenvalue weighted by Gasteiger charge is 2.36. The predicted molar refractivity (Wildman–Crippen MR) is 64.4 cm³/mol. The molecule has 2 N–H and O–H groups in total. The number of carbonyl (C=O) groups excluding carboxylic acids is 1. The van der Waals surface area contributed by atoms with Crippen LogP contribution in [-0.2, 0) is 9.59 Å². The molecule has 1 atom stereocenters. The summed E-state index contributed by atoms with van der Waals surface area (Å²) in [6.45, 7) is 4.61. The predicted octanol–water partition coefficient (Wildman–Crippen LogP) is 1.97. The van der Waals surface area contributed by atoms with Crippen LogP contribution in [0.25, 0.3) is 0 Å². The fourth-order valence-electron chi connectivity index (χ4n) is 1.30. The Bertz CT molecular complexity index is 412. The lowest BCUT2D eigenvalue weighted by molar-refractivity contribution is -0.153. The molecule has 1 aromatic carbocycles. The van der Waals surface area contributed by atoms with Crippen molar-refractivity contribution < 1.29 is 14.7 Å². The van der Waals surface area contributed by atoms with Crippen LogP contribution in [0.15, 0.2) is 30.3 Å². The van der Waals surface area contributed by atoms with E-state index in [2.05, 4.69) is 5.32 Å². The lowest BCUT2D eigenvalue weighted by Crippen LogP contribution is -2.43. The van der Waals surface area contributed by atoms with Gasteiger partial charge in [0, 0.05) is 0 Å². The van der Waals surface area contributed by atoms with Gasteiger partial charge in [0.2, 0.25) is 5.91 Å². The van der Waals surface area contributed by atoms with Gasteiger partial charge in [0.1, 0.15) is 5.41 Å². The summed E-state index contributed by atoms with van der Waals surface area (Å²) in [5.74, 6) is -1.61. The van der Waals surface area contributed by atoms with Gasteiger partial charge in [-0.15, -0.1) is 0 Å². The van der Waals surface area contributed by atoms with Crippen molar-refractivity contribution in [2.75, 3.05) is 0 Å². The Hall–Kier alpha value is -1.84. The van der Waals surface area contributed by atoms with Crippen LogP contribution in [0.3, 0.4) is 0 Å². The molecule has 0 aromatic heterocycles. The van der Waals surface area contributed by atoms with Gasteiger partial charge < -0.3 is 10.4 Å². The number of benzene rings is 1. The quantitative estimate of drug-likeness (QED) is 0.784. The van der Waals surface area contributed by atoms with E-state index < -0.39 is 17.3 Å². The molecule has 0 heterocycles. The van der Waals surface area contributed by atoms with Crippen molar-refractivity contribution in [2.24, 2.45) is 5.41 Å². The normalized spacial score (nSPS) is 12.9. The van der Waals surface area contributed by atoms with Crippen LogP contribution in [0.5, 0.6) is 0 Å². The van der Waals surface area contributed by atoms with Gasteiger partial charge >= 0.3 is 5.97 Å². The standard InChI is InChI=1S/C13H17NO3/c1-9(10-7-5-4-6-8-10)14-11(15)13(2,3)12(16)17/h4-9H,1-3H3,(H,14,15)(H,16,17)/t9-/m0/s1. The highest BCUT2D eigenvalue weighted by molar-refractivity contribution is 6.01. The first-order valence-electron chi connectivity index (χ1n) is 5.45. The van der Waals surface area contributed by atoms with Crippen molar-refractivity contribution in [1.82, 2.24) is 5.32 Å². The molecule has 0 aliphatic heterocycles. The van der Waals surface area contributed by atoms with E-state index in [0.29, 0.717) is 0 Å². The first-order valence-corrected chi connectivity index (χ1v) is 5.45. The molecule has 1 amide bonds. The van der Waals surface area contributed by atoms with Crippen LogP contribution >= 0.6 is 0 Å². The van der Waals surface area contributed by atoms with Crippen molar-refractivity contribution in [3.63, 3.8) is 0 Å². The van der Waals surface area contributed by atoms with Gasteiger partial charge in [-0.05, 0) is 26.3 Å². The molecule has 1 aromatic rings. The second-order valence-corrected chi connectivity index (χ2v) is 4.54.